The van der Waals surface area contributed by atoms with E-state index in [1.165, 1.54) is 0 Å². The van der Waals surface area contributed by atoms with Gasteiger partial charge in [-0.2, -0.15) is 0 Å². The summed E-state index contributed by atoms with van der Waals surface area (Å²) >= 11 is 2.92. The van der Waals surface area contributed by atoms with Gasteiger partial charge in [0.1, 0.15) is 4.90 Å². The summed E-state index contributed by atoms with van der Waals surface area (Å²) in [5.41, 5.74) is -0.124. The van der Waals surface area contributed by atoms with E-state index in [0.717, 1.165) is 6.07 Å². The molecule has 0 aliphatic heterocycles. The average Bonchev–Trinajstić information content (AvgIpc) is 2.58. The van der Waals surface area contributed by atoms with E-state index in [1.54, 1.807) is 0 Å². The second-order valence-electron chi connectivity index (χ2n) is 5.25. The van der Waals surface area contributed by atoms with Crippen LogP contribution in [0.1, 0.15) is 38.2 Å². The highest BCUT2D eigenvalue weighted by Crippen LogP contribution is 2.29. The third-order valence-corrected chi connectivity index (χ3v) is 4.97. The van der Waals surface area contributed by atoms with Crippen molar-refractivity contribution in [2.75, 3.05) is 0 Å². The summed E-state index contributed by atoms with van der Waals surface area (Å²) < 4.78 is 27.4. The molecule has 19 heavy (non-hydrogen) atoms. The summed E-state index contributed by atoms with van der Waals surface area (Å²) in [5, 5.41) is 2.74. The number of furan rings is 1. The highest BCUT2D eigenvalue weighted by atomic mass is 79.9. The summed E-state index contributed by atoms with van der Waals surface area (Å²) in [7, 11) is 1.26. The molecule has 1 aromatic heterocycles. The van der Waals surface area contributed by atoms with Crippen molar-refractivity contribution in [3.8, 4) is 0 Å². The summed E-state index contributed by atoms with van der Waals surface area (Å²) in [6.45, 7) is 7.79. The first-order chi connectivity index (χ1) is 8.43. The topological polar surface area (TPSA) is 76.4 Å². The summed E-state index contributed by atoms with van der Waals surface area (Å²) in [4.78, 5) is 11.7. The summed E-state index contributed by atoms with van der Waals surface area (Å²) in [5.74, 6) is -0.600. The Morgan fingerprint density at radius 2 is 2.00 bits per heavy atom. The molecule has 1 amide bonds. The molecule has 0 aliphatic rings. The number of carbonyl (C=O) groups excluding carboxylic acids is 1. The number of nitrogens with one attached hydrogen (secondary N) is 1. The molecule has 1 atom stereocenters. The predicted molar refractivity (Wildman–Crippen MR) is 75.8 cm³/mol. The zero-order valence-corrected chi connectivity index (χ0v) is 14.1. The molecular formula is C11H15BrClNO4S. The highest BCUT2D eigenvalue weighted by molar-refractivity contribution is 9.10. The second-order valence-corrected chi connectivity index (χ2v) is 8.50. The minimum Gasteiger partial charge on any atom is -0.443 e. The molecule has 1 N–H and O–H groups in total. The number of halogens is 2. The van der Waals surface area contributed by atoms with Crippen LogP contribution in [0.5, 0.6) is 0 Å². The molecule has 108 valence electrons. The molecule has 0 spiro atoms. The fraction of sp³-hybridized carbons (Fsp3) is 0.545. The van der Waals surface area contributed by atoms with Gasteiger partial charge in [0.25, 0.3) is 15.0 Å². The van der Waals surface area contributed by atoms with Crippen molar-refractivity contribution in [1.29, 1.82) is 0 Å². The van der Waals surface area contributed by atoms with E-state index in [9.17, 15) is 13.2 Å². The lowest BCUT2D eigenvalue weighted by molar-refractivity contribution is 0.0880. The maximum Gasteiger partial charge on any atom is 0.287 e. The Balaban J connectivity index is 2.97. The minimum atomic E-state index is -3.95. The normalized spacial score (nSPS) is 14.2. The lowest BCUT2D eigenvalue weighted by Gasteiger charge is -2.27. The number of hydrogen-bond acceptors (Lipinski definition) is 4. The van der Waals surface area contributed by atoms with Gasteiger partial charge in [-0.05, 0) is 28.3 Å². The van der Waals surface area contributed by atoms with E-state index in [-0.39, 0.29) is 26.8 Å². The Bertz CT molecular complexity index is 588. The fourth-order valence-electron chi connectivity index (χ4n) is 1.11. The van der Waals surface area contributed by atoms with Crippen LogP contribution in [0, 0.1) is 5.41 Å². The summed E-state index contributed by atoms with van der Waals surface area (Å²) in [6, 6.07) is 0.983. The monoisotopic (exact) mass is 371 g/mol. The molecule has 8 heteroatoms. The van der Waals surface area contributed by atoms with Crippen molar-refractivity contribution in [3.05, 3.63) is 16.5 Å². The van der Waals surface area contributed by atoms with Gasteiger partial charge in [0, 0.05) is 22.8 Å². The Kier molecular flexibility index (Phi) is 4.75. The van der Waals surface area contributed by atoms with Gasteiger partial charge in [-0.25, -0.2) is 8.42 Å². The van der Waals surface area contributed by atoms with Crippen LogP contribution < -0.4 is 5.32 Å². The van der Waals surface area contributed by atoms with Crippen molar-refractivity contribution in [2.24, 2.45) is 5.41 Å². The van der Waals surface area contributed by atoms with E-state index >= 15 is 0 Å². The Morgan fingerprint density at radius 3 is 2.37 bits per heavy atom. The zero-order chi connectivity index (χ0) is 15.0. The van der Waals surface area contributed by atoms with Gasteiger partial charge in [-0.15, -0.1) is 0 Å². The third-order valence-electron chi connectivity index (χ3n) is 2.79. The third kappa shape index (κ3) is 4.22. The van der Waals surface area contributed by atoms with Gasteiger partial charge in [0.15, 0.2) is 10.4 Å². The van der Waals surface area contributed by atoms with Crippen molar-refractivity contribution >= 4 is 41.6 Å². The lowest BCUT2D eigenvalue weighted by atomic mass is 9.88. The Hall–Kier alpha value is -0.530. The molecule has 1 heterocycles. The Labute approximate surface area is 125 Å². The van der Waals surface area contributed by atoms with Crippen LogP contribution in [-0.4, -0.2) is 20.4 Å². The maximum absolute atomic E-state index is 11.9. The molecular weight excluding hydrogens is 358 g/mol. The van der Waals surface area contributed by atoms with E-state index in [4.69, 9.17) is 15.1 Å². The molecule has 1 unspecified atom stereocenters. The molecule has 0 aromatic carbocycles. The van der Waals surface area contributed by atoms with Crippen LogP contribution in [-0.2, 0) is 9.05 Å². The molecule has 1 rings (SSSR count). The number of amides is 1. The van der Waals surface area contributed by atoms with Gasteiger partial charge < -0.3 is 9.73 Å². The Morgan fingerprint density at radius 1 is 1.47 bits per heavy atom. The molecule has 0 bridgehead atoms. The molecule has 0 saturated carbocycles. The molecule has 5 nitrogen and oxygen atoms in total. The predicted octanol–water partition coefficient (Wildman–Crippen LogP) is 3.13. The molecule has 0 aliphatic carbocycles. The first kappa shape index (κ1) is 16.5. The van der Waals surface area contributed by atoms with E-state index in [1.807, 2.05) is 27.7 Å². The van der Waals surface area contributed by atoms with Crippen LogP contribution in [0.2, 0.25) is 0 Å². The van der Waals surface area contributed by atoms with Crippen LogP contribution in [0.4, 0.5) is 0 Å². The molecule has 1 aromatic rings. The highest BCUT2D eigenvalue weighted by Gasteiger charge is 2.26. The van der Waals surface area contributed by atoms with Gasteiger partial charge in [-0.1, -0.05) is 20.8 Å². The summed E-state index contributed by atoms with van der Waals surface area (Å²) in [6.07, 6.45) is 0. The van der Waals surface area contributed by atoms with Gasteiger partial charge >= 0.3 is 0 Å². The maximum atomic E-state index is 11.9. The van der Waals surface area contributed by atoms with Crippen molar-refractivity contribution in [1.82, 2.24) is 5.32 Å². The number of carbonyl (C=O) groups is 1. The standard InChI is InChI=1S/C11H15BrClNO4S/c1-6(11(2,3)4)14-10(15)7-5-8(9(12)18-7)19(13,16)17/h5-6H,1-4H3,(H,14,15). The quantitative estimate of drug-likeness (QED) is 0.827. The number of hydrogen-bond donors (Lipinski definition) is 1. The van der Waals surface area contributed by atoms with E-state index in [2.05, 4.69) is 21.2 Å². The molecule has 0 radical (unpaired) electrons. The van der Waals surface area contributed by atoms with Crippen molar-refractivity contribution in [2.45, 2.75) is 38.6 Å². The van der Waals surface area contributed by atoms with Gasteiger partial charge in [0.2, 0.25) is 0 Å². The smallest absolute Gasteiger partial charge is 0.287 e. The first-order valence-electron chi connectivity index (χ1n) is 5.48. The largest absolute Gasteiger partial charge is 0.443 e. The second kappa shape index (κ2) is 5.46. The number of rotatable bonds is 3. The van der Waals surface area contributed by atoms with Gasteiger partial charge in [-0.3, -0.25) is 4.79 Å². The van der Waals surface area contributed by atoms with Crippen molar-refractivity contribution in [3.63, 3.8) is 0 Å². The van der Waals surface area contributed by atoms with Crippen LogP contribution in [0.15, 0.2) is 20.0 Å². The lowest BCUT2D eigenvalue weighted by Crippen LogP contribution is -2.41. The van der Waals surface area contributed by atoms with E-state index < -0.39 is 15.0 Å². The van der Waals surface area contributed by atoms with Crippen LogP contribution in [0.25, 0.3) is 0 Å². The fourth-order valence-corrected chi connectivity index (χ4v) is 3.15. The van der Waals surface area contributed by atoms with E-state index in [0.29, 0.717) is 0 Å². The van der Waals surface area contributed by atoms with Crippen molar-refractivity contribution < 1.29 is 17.6 Å². The average molecular weight is 373 g/mol. The van der Waals surface area contributed by atoms with Gasteiger partial charge in [0.05, 0.1) is 0 Å². The minimum absolute atomic E-state index is 0.0870. The zero-order valence-electron chi connectivity index (χ0n) is 11.0. The van der Waals surface area contributed by atoms with Crippen LogP contribution >= 0.6 is 26.6 Å². The SMILES string of the molecule is CC(NC(=O)c1cc(S(=O)(=O)Cl)c(Br)o1)C(C)(C)C. The molecule has 0 fully saturated rings. The van der Waals surface area contributed by atoms with Crippen LogP contribution in [0.3, 0.4) is 0 Å². The molecule has 0 saturated heterocycles. The first-order valence-corrected chi connectivity index (χ1v) is 8.58.